The topological polar surface area (TPSA) is 82.6 Å². The Morgan fingerprint density at radius 1 is 1.08 bits per heavy atom. The van der Waals surface area contributed by atoms with Crippen molar-refractivity contribution in [3.05, 3.63) is 79.7 Å². The Kier molecular flexibility index (Phi) is 4.04. The zero-order valence-electron chi connectivity index (χ0n) is 13.2. The number of non-ortho nitro benzene ring substituents is 1. The summed E-state index contributed by atoms with van der Waals surface area (Å²) in [5, 5.41) is 11.5. The molecular weight excluding hydrogens is 310 g/mol. The van der Waals surface area contributed by atoms with Crippen molar-refractivity contribution in [2.45, 2.75) is 20.5 Å². The van der Waals surface area contributed by atoms with Gasteiger partial charge in [0.15, 0.2) is 0 Å². The molecule has 0 spiro atoms. The third-order valence-corrected chi connectivity index (χ3v) is 3.89. The van der Waals surface area contributed by atoms with Crippen molar-refractivity contribution in [3.8, 4) is 5.75 Å². The number of hydrogen-bond acceptors (Lipinski definition) is 5. The monoisotopic (exact) mass is 325 g/mol. The highest BCUT2D eigenvalue weighted by Crippen LogP contribution is 2.23. The van der Waals surface area contributed by atoms with Crippen LogP contribution in [0.15, 0.2) is 51.7 Å². The lowest BCUT2D eigenvalue weighted by molar-refractivity contribution is -0.384. The minimum absolute atomic E-state index is 0.000689. The van der Waals surface area contributed by atoms with Gasteiger partial charge in [-0.3, -0.25) is 10.1 Å². The zero-order valence-corrected chi connectivity index (χ0v) is 13.2. The smallest absolute Gasteiger partial charge is 0.336 e. The summed E-state index contributed by atoms with van der Waals surface area (Å²) in [7, 11) is 0. The average Bonchev–Trinajstić information content (AvgIpc) is 2.54. The number of benzene rings is 2. The van der Waals surface area contributed by atoms with Gasteiger partial charge in [-0.1, -0.05) is 0 Å². The third kappa shape index (κ3) is 3.12. The van der Waals surface area contributed by atoms with E-state index in [-0.39, 0.29) is 12.3 Å². The molecule has 0 bridgehead atoms. The van der Waals surface area contributed by atoms with Crippen LogP contribution >= 0.6 is 0 Å². The summed E-state index contributed by atoms with van der Waals surface area (Å²) in [6, 6.07) is 11.0. The van der Waals surface area contributed by atoms with E-state index in [1.165, 1.54) is 30.3 Å². The van der Waals surface area contributed by atoms with E-state index in [1.807, 2.05) is 26.0 Å². The zero-order chi connectivity index (χ0) is 17.3. The predicted molar refractivity (Wildman–Crippen MR) is 89.4 cm³/mol. The standard InChI is InChI=1S/C18H15NO5/c1-11-7-16-13(9-18(20)24-17(16)8-12(11)2)10-23-15-5-3-14(4-6-15)19(21)22/h3-9H,10H2,1-2H3. The molecule has 24 heavy (non-hydrogen) atoms. The molecule has 0 unspecified atom stereocenters. The van der Waals surface area contributed by atoms with Gasteiger partial charge in [-0.2, -0.15) is 0 Å². The minimum atomic E-state index is -0.467. The van der Waals surface area contributed by atoms with Gasteiger partial charge >= 0.3 is 5.63 Å². The molecule has 2 aromatic carbocycles. The maximum Gasteiger partial charge on any atom is 0.336 e. The van der Waals surface area contributed by atoms with Gasteiger partial charge in [0.2, 0.25) is 0 Å². The Labute approximate surface area is 137 Å². The molecule has 0 amide bonds. The van der Waals surface area contributed by atoms with Crippen LogP contribution in [-0.4, -0.2) is 4.92 Å². The number of aryl methyl sites for hydroxylation is 2. The molecule has 1 heterocycles. The first-order valence-corrected chi connectivity index (χ1v) is 7.35. The molecule has 0 atom stereocenters. The molecule has 3 aromatic rings. The summed E-state index contributed by atoms with van der Waals surface area (Å²) in [5.41, 5.74) is 2.93. The SMILES string of the molecule is Cc1cc2oc(=O)cc(COc3ccc([N+](=O)[O-])cc3)c2cc1C. The van der Waals surface area contributed by atoms with Gasteiger partial charge in [-0.05, 0) is 49.2 Å². The van der Waals surface area contributed by atoms with Gasteiger partial charge in [-0.25, -0.2) is 4.79 Å². The van der Waals surface area contributed by atoms with Gasteiger partial charge in [0.05, 0.1) is 4.92 Å². The molecule has 6 heteroatoms. The number of hydrogen-bond donors (Lipinski definition) is 0. The first kappa shape index (κ1) is 15.7. The second-order valence-corrected chi connectivity index (χ2v) is 5.56. The summed E-state index contributed by atoms with van der Waals surface area (Å²) in [5.74, 6) is 0.492. The molecule has 0 saturated heterocycles. The van der Waals surface area contributed by atoms with Crippen LogP contribution in [0.3, 0.4) is 0 Å². The molecule has 1 aromatic heterocycles. The molecule has 0 fully saturated rings. The molecule has 0 aliphatic rings. The number of rotatable bonds is 4. The van der Waals surface area contributed by atoms with Crippen LogP contribution in [0.5, 0.6) is 5.75 Å². The van der Waals surface area contributed by atoms with Crippen molar-refractivity contribution in [2.24, 2.45) is 0 Å². The van der Waals surface area contributed by atoms with Crippen LogP contribution in [0.2, 0.25) is 0 Å². The Bertz CT molecular complexity index is 973. The van der Waals surface area contributed by atoms with E-state index in [9.17, 15) is 14.9 Å². The van der Waals surface area contributed by atoms with E-state index in [4.69, 9.17) is 9.15 Å². The fourth-order valence-corrected chi connectivity index (χ4v) is 2.43. The van der Waals surface area contributed by atoms with Gasteiger partial charge in [0, 0.05) is 29.1 Å². The highest BCUT2D eigenvalue weighted by molar-refractivity contribution is 5.81. The van der Waals surface area contributed by atoms with E-state index in [1.54, 1.807) is 0 Å². The summed E-state index contributed by atoms with van der Waals surface area (Å²) in [6.07, 6.45) is 0. The van der Waals surface area contributed by atoms with Crippen molar-refractivity contribution >= 4 is 16.7 Å². The van der Waals surface area contributed by atoms with Crippen LogP contribution in [0.4, 0.5) is 5.69 Å². The predicted octanol–water partition coefficient (Wildman–Crippen LogP) is 3.90. The van der Waals surface area contributed by atoms with Crippen molar-refractivity contribution in [3.63, 3.8) is 0 Å². The molecule has 122 valence electrons. The van der Waals surface area contributed by atoms with Crippen LogP contribution in [0.1, 0.15) is 16.7 Å². The van der Waals surface area contributed by atoms with Crippen LogP contribution in [0.25, 0.3) is 11.0 Å². The largest absolute Gasteiger partial charge is 0.489 e. The molecular formula is C18H15NO5. The fourth-order valence-electron chi connectivity index (χ4n) is 2.43. The van der Waals surface area contributed by atoms with Crippen molar-refractivity contribution in [2.75, 3.05) is 0 Å². The first-order chi connectivity index (χ1) is 11.4. The quantitative estimate of drug-likeness (QED) is 0.413. The molecule has 6 nitrogen and oxygen atoms in total. The molecule has 0 N–H and O–H groups in total. The normalized spacial score (nSPS) is 10.8. The number of fused-ring (bicyclic) bond motifs is 1. The molecule has 0 saturated carbocycles. The third-order valence-electron chi connectivity index (χ3n) is 3.89. The van der Waals surface area contributed by atoms with Gasteiger partial charge < -0.3 is 9.15 Å². The van der Waals surface area contributed by atoms with Crippen molar-refractivity contribution in [1.29, 1.82) is 0 Å². The van der Waals surface area contributed by atoms with Crippen LogP contribution in [0, 0.1) is 24.0 Å². The van der Waals surface area contributed by atoms with Crippen molar-refractivity contribution < 1.29 is 14.1 Å². The lowest BCUT2D eigenvalue weighted by atomic mass is 10.0. The lowest BCUT2D eigenvalue weighted by Gasteiger charge is -2.10. The van der Waals surface area contributed by atoms with E-state index in [2.05, 4.69) is 0 Å². The molecule has 0 aliphatic carbocycles. The van der Waals surface area contributed by atoms with Crippen molar-refractivity contribution in [1.82, 2.24) is 0 Å². The number of nitro groups is 1. The Morgan fingerprint density at radius 2 is 1.75 bits per heavy atom. The van der Waals surface area contributed by atoms with Gasteiger partial charge in [-0.15, -0.1) is 0 Å². The first-order valence-electron chi connectivity index (χ1n) is 7.35. The highest BCUT2D eigenvalue weighted by atomic mass is 16.6. The van der Waals surface area contributed by atoms with E-state index in [0.717, 1.165) is 16.5 Å². The summed E-state index contributed by atoms with van der Waals surface area (Å²) < 4.78 is 10.9. The van der Waals surface area contributed by atoms with Crippen LogP contribution < -0.4 is 10.4 Å². The van der Waals surface area contributed by atoms with Gasteiger partial charge in [0.1, 0.15) is 17.9 Å². The van der Waals surface area contributed by atoms with E-state index < -0.39 is 10.5 Å². The molecule has 0 aliphatic heterocycles. The molecule has 3 rings (SSSR count). The minimum Gasteiger partial charge on any atom is -0.489 e. The Morgan fingerprint density at radius 3 is 2.42 bits per heavy atom. The second-order valence-electron chi connectivity index (χ2n) is 5.56. The summed E-state index contributed by atoms with van der Waals surface area (Å²) in [6.45, 7) is 4.11. The number of nitrogens with zero attached hydrogens (tertiary/aromatic N) is 1. The average molecular weight is 325 g/mol. The van der Waals surface area contributed by atoms with Gasteiger partial charge in [0.25, 0.3) is 5.69 Å². The summed E-state index contributed by atoms with van der Waals surface area (Å²) >= 11 is 0. The highest BCUT2D eigenvalue weighted by Gasteiger charge is 2.09. The number of nitro benzene ring substituents is 1. The maximum absolute atomic E-state index is 11.7. The Balaban J connectivity index is 1.90. The summed E-state index contributed by atoms with van der Waals surface area (Å²) in [4.78, 5) is 21.9. The number of ether oxygens (including phenoxy) is 1. The Hall–Kier alpha value is -3.15. The fraction of sp³-hybridized carbons (Fsp3) is 0.167. The van der Waals surface area contributed by atoms with Crippen LogP contribution in [-0.2, 0) is 6.61 Å². The lowest BCUT2D eigenvalue weighted by Crippen LogP contribution is -2.04. The second kappa shape index (κ2) is 6.16. The van der Waals surface area contributed by atoms with E-state index in [0.29, 0.717) is 16.9 Å². The molecule has 0 radical (unpaired) electrons. The van der Waals surface area contributed by atoms with E-state index >= 15 is 0 Å². The maximum atomic E-state index is 11.7.